The maximum Gasteiger partial charge on any atom is 0.166 e. The van der Waals surface area contributed by atoms with Crippen molar-refractivity contribution in [3.63, 3.8) is 0 Å². The van der Waals surface area contributed by atoms with Crippen LogP contribution >= 0.6 is 0 Å². The van der Waals surface area contributed by atoms with Gasteiger partial charge in [0, 0.05) is 13.5 Å². The van der Waals surface area contributed by atoms with E-state index in [0.29, 0.717) is 0 Å². The Morgan fingerprint density at radius 2 is 2.00 bits per heavy atom. The summed E-state index contributed by atoms with van der Waals surface area (Å²) in [5.74, 6) is -2.13. The second-order valence-corrected chi connectivity index (χ2v) is 4.26. The molecule has 0 heterocycles. The topological polar surface area (TPSA) is 26.3 Å². The third-order valence-electron chi connectivity index (χ3n) is 2.57. The highest BCUT2D eigenvalue weighted by Gasteiger charge is 2.23. The van der Waals surface area contributed by atoms with Crippen molar-refractivity contribution in [1.29, 1.82) is 0 Å². The summed E-state index contributed by atoms with van der Waals surface area (Å²) in [5.41, 5.74) is 0.0673. The van der Waals surface area contributed by atoms with Gasteiger partial charge in [-0.2, -0.15) is 0 Å². The van der Waals surface area contributed by atoms with Crippen molar-refractivity contribution in [2.45, 2.75) is 26.4 Å². The van der Waals surface area contributed by atoms with Crippen LogP contribution in [0, 0.1) is 17.6 Å². The molecule has 0 aromatic heterocycles. The molecule has 2 nitrogen and oxygen atoms in total. The van der Waals surface area contributed by atoms with E-state index in [0.717, 1.165) is 6.07 Å². The lowest BCUT2D eigenvalue weighted by molar-refractivity contribution is -0.130. The molecule has 0 aliphatic carbocycles. The number of hydrogen-bond acceptors (Lipinski definition) is 2. The van der Waals surface area contributed by atoms with E-state index in [4.69, 9.17) is 4.74 Å². The Morgan fingerprint density at radius 1 is 1.35 bits per heavy atom. The fourth-order valence-corrected chi connectivity index (χ4v) is 1.75. The van der Waals surface area contributed by atoms with Crippen molar-refractivity contribution < 1.29 is 18.3 Å². The molecule has 0 aliphatic rings. The molecule has 4 heteroatoms. The highest BCUT2D eigenvalue weighted by atomic mass is 19.2. The standard InChI is InChI=1S/C13H16F2O2/c1-8(2)13(17-3)11(16)7-9-5-4-6-10(14)12(9)15/h4-6,8,13H,7H2,1-3H3. The van der Waals surface area contributed by atoms with E-state index in [-0.39, 0.29) is 23.7 Å². The smallest absolute Gasteiger partial charge is 0.166 e. The van der Waals surface area contributed by atoms with E-state index in [1.807, 2.05) is 13.8 Å². The average Bonchev–Trinajstić information content (AvgIpc) is 2.25. The summed E-state index contributed by atoms with van der Waals surface area (Å²) in [4.78, 5) is 11.8. The Morgan fingerprint density at radius 3 is 2.53 bits per heavy atom. The van der Waals surface area contributed by atoms with Gasteiger partial charge in [0.2, 0.25) is 0 Å². The molecule has 0 amide bonds. The van der Waals surface area contributed by atoms with Gasteiger partial charge in [0.05, 0.1) is 0 Å². The first-order valence-corrected chi connectivity index (χ1v) is 5.45. The molecule has 0 N–H and O–H groups in total. The van der Waals surface area contributed by atoms with E-state index in [2.05, 4.69) is 0 Å². The fraction of sp³-hybridized carbons (Fsp3) is 0.462. The average molecular weight is 242 g/mol. The molecule has 0 fully saturated rings. The molecule has 0 saturated carbocycles. The van der Waals surface area contributed by atoms with Crippen molar-refractivity contribution in [3.05, 3.63) is 35.4 Å². The molecule has 0 aliphatic heterocycles. The molecule has 1 aromatic rings. The van der Waals surface area contributed by atoms with Gasteiger partial charge in [-0.1, -0.05) is 26.0 Å². The van der Waals surface area contributed by atoms with Gasteiger partial charge in [-0.15, -0.1) is 0 Å². The lowest BCUT2D eigenvalue weighted by Gasteiger charge is -2.17. The van der Waals surface area contributed by atoms with Crippen molar-refractivity contribution in [2.24, 2.45) is 5.92 Å². The monoisotopic (exact) mass is 242 g/mol. The van der Waals surface area contributed by atoms with Crippen molar-refractivity contribution in [2.75, 3.05) is 7.11 Å². The van der Waals surface area contributed by atoms with Crippen LogP contribution in [0.5, 0.6) is 0 Å². The van der Waals surface area contributed by atoms with Crippen LogP contribution in [0.3, 0.4) is 0 Å². The number of halogens is 2. The van der Waals surface area contributed by atoms with Crippen LogP contribution in [0.2, 0.25) is 0 Å². The van der Waals surface area contributed by atoms with Gasteiger partial charge in [-0.05, 0) is 17.5 Å². The SMILES string of the molecule is COC(C(=O)Cc1cccc(F)c1F)C(C)C. The number of ketones is 1. The quantitative estimate of drug-likeness (QED) is 0.793. The number of carbonyl (C=O) groups is 1. The van der Waals surface area contributed by atoms with Gasteiger partial charge in [-0.3, -0.25) is 4.79 Å². The molecule has 1 aromatic carbocycles. The Hall–Kier alpha value is -1.29. The van der Waals surface area contributed by atoms with Gasteiger partial charge in [0.15, 0.2) is 17.4 Å². The first-order chi connectivity index (χ1) is 7.97. The number of benzene rings is 1. The number of rotatable bonds is 5. The first kappa shape index (κ1) is 13.8. The van der Waals surface area contributed by atoms with E-state index in [1.165, 1.54) is 19.2 Å². The van der Waals surface area contributed by atoms with Crippen molar-refractivity contribution >= 4 is 5.78 Å². The number of methoxy groups -OCH3 is 1. The van der Waals surface area contributed by atoms with Gasteiger partial charge in [-0.25, -0.2) is 8.78 Å². The lowest BCUT2D eigenvalue weighted by atomic mass is 9.97. The second kappa shape index (κ2) is 5.87. The van der Waals surface area contributed by atoms with Gasteiger partial charge in [0.25, 0.3) is 0 Å². The molecular formula is C13H16F2O2. The summed E-state index contributed by atoms with van der Waals surface area (Å²) < 4.78 is 31.4. The molecule has 17 heavy (non-hydrogen) atoms. The van der Waals surface area contributed by atoms with Crippen molar-refractivity contribution in [3.8, 4) is 0 Å². The lowest BCUT2D eigenvalue weighted by Crippen LogP contribution is -2.30. The molecule has 0 spiro atoms. The summed E-state index contributed by atoms with van der Waals surface area (Å²) in [6, 6.07) is 3.82. The summed E-state index contributed by atoms with van der Waals surface area (Å²) in [7, 11) is 1.44. The molecule has 0 bridgehead atoms. The normalized spacial score (nSPS) is 12.8. The van der Waals surface area contributed by atoms with E-state index < -0.39 is 17.7 Å². The van der Waals surface area contributed by atoms with Gasteiger partial charge >= 0.3 is 0 Å². The van der Waals surface area contributed by atoms with Crippen LogP contribution in [0.15, 0.2) is 18.2 Å². The molecule has 94 valence electrons. The van der Waals surface area contributed by atoms with Crippen LogP contribution in [-0.4, -0.2) is 19.0 Å². The summed E-state index contributed by atoms with van der Waals surface area (Å²) >= 11 is 0. The number of carbonyl (C=O) groups excluding carboxylic acids is 1. The van der Waals surface area contributed by atoms with Crippen LogP contribution in [0.25, 0.3) is 0 Å². The largest absolute Gasteiger partial charge is 0.373 e. The third kappa shape index (κ3) is 3.33. The predicted molar refractivity (Wildman–Crippen MR) is 60.7 cm³/mol. The zero-order valence-corrected chi connectivity index (χ0v) is 10.2. The predicted octanol–water partition coefficient (Wildman–Crippen LogP) is 2.75. The zero-order valence-electron chi connectivity index (χ0n) is 10.2. The van der Waals surface area contributed by atoms with E-state index in [1.54, 1.807) is 0 Å². The Kier molecular flexibility index (Phi) is 4.75. The highest BCUT2D eigenvalue weighted by molar-refractivity contribution is 5.85. The first-order valence-electron chi connectivity index (χ1n) is 5.45. The summed E-state index contributed by atoms with van der Waals surface area (Å²) in [6.45, 7) is 3.68. The second-order valence-electron chi connectivity index (χ2n) is 4.26. The Bertz CT molecular complexity index is 402. The third-order valence-corrected chi connectivity index (χ3v) is 2.57. The Balaban J connectivity index is 2.84. The van der Waals surface area contributed by atoms with Gasteiger partial charge in [0.1, 0.15) is 6.10 Å². The molecule has 0 saturated heterocycles. The number of Topliss-reactive ketones (excluding diaryl/α,β-unsaturated/α-hetero) is 1. The summed E-state index contributed by atoms with van der Waals surface area (Å²) in [6.07, 6.45) is -0.738. The summed E-state index contributed by atoms with van der Waals surface area (Å²) in [5, 5.41) is 0. The fourth-order valence-electron chi connectivity index (χ4n) is 1.75. The maximum atomic E-state index is 13.4. The molecule has 0 radical (unpaired) electrons. The molecule has 1 unspecified atom stereocenters. The minimum Gasteiger partial charge on any atom is -0.373 e. The van der Waals surface area contributed by atoms with Crippen molar-refractivity contribution in [1.82, 2.24) is 0 Å². The van der Waals surface area contributed by atoms with Crippen LogP contribution in [0.1, 0.15) is 19.4 Å². The minimum absolute atomic E-state index is 0.00382. The highest BCUT2D eigenvalue weighted by Crippen LogP contribution is 2.15. The molecule has 1 rings (SSSR count). The van der Waals surface area contributed by atoms with E-state index in [9.17, 15) is 13.6 Å². The molecular weight excluding hydrogens is 226 g/mol. The number of hydrogen-bond donors (Lipinski definition) is 0. The van der Waals surface area contributed by atoms with E-state index >= 15 is 0 Å². The maximum absolute atomic E-state index is 13.4. The van der Waals surface area contributed by atoms with Gasteiger partial charge < -0.3 is 4.74 Å². The van der Waals surface area contributed by atoms with Crippen LogP contribution in [-0.2, 0) is 16.0 Å². The molecule has 1 atom stereocenters. The Labute approximate surface area is 99.6 Å². The number of ether oxygens (including phenoxy) is 1. The zero-order chi connectivity index (χ0) is 13.0. The minimum atomic E-state index is -0.959. The van der Waals surface area contributed by atoms with Crippen LogP contribution < -0.4 is 0 Å². The van der Waals surface area contributed by atoms with Crippen LogP contribution in [0.4, 0.5) is 8.78 Å².